The van der Waals surface area contributed by atoms with Gasteiger partial charge in [0.25, 0.3) is 0 Å². The molecule has 0 spiro atoms. The van der Waals surface area contributed by atoms with Crippen LogP contribution < -0.4 is 5.32 Å². The van der Waals surface area contributed by atoms with Crippen LogP contribution in [0.3, 0.4) is 0 Å². The lowest BCUT2D eigenvalue weighted by atomic mass is 9.46. The van der Waals surface area contributed by atoms with Crippen molar-refractivity contribution < 1.29 is 44.0 Å². The molecule has 10 heteroatoms. The summed E-state index contributed by atoms with van der Waals surface area (Å²) in [4.78, 5) is 60.0. The average Bonchev–Trinajstić information content (AvgIpc) is 3.16. The van der Waals surface area contributed by atoms with Gasteiger partial charge in [0.2, 0.25) is 11.7 Å². The first-order chi connectivity index (χ1) is 18.8. The monoisotopic (exact) mass is 559 g/mol. The van der Waals surface area contributed by atoms with Crippen molar-refractivity contribution in [2.75, 3.05) is 13.2 Å². The molecule has 0 unspecified atom stereocenters. The predicted molar refractivity (Wildman–Crippen MR) is 143 cm³/mol. The number of carboxylic acid groups (broad SMARTS) is 1. The Hall–Kier alpha value is -2.85. The topological polar surface area (TPSA) is 167 Å². The highest BCUT2D eigenvalue weighted by molar-refractivity contribution is 6.01. The van der Waals surface area contributed by atoms with Crippen LogP contribution in [-0.4, -0.2) is 69.6 Å². The molecule has 0 radical (unpaired) electrons. The zero-order valence-corrected chi connectivity index (χ0v) is 23.3. The van der Waals surface area contributed by atoms with Gasteiger partial charge in [-0.05, 0) is 68.9 Å². The number of esters is 1. The Morgan fingerprint density at radius 1 is 1.10 bits per heavy atom. The van der Waals surface area contributed by atoms with Crippen molar-refractivity contribution in [2.24, 2.45) is 28.6 Å². The third-order valence-corrected chi connectivity index (χ3v) is 10.2. The number of hydrogen-bond donors (Lipinski definition) is 4. The molecule has 4 aliphatic rings. The lowest BCUT2D eigenvalue weighted by molar-refractivity contribution is -0.181. The number of aliphatic hydroxyl groups excluding tert-OH is 1. The fourth-order valence-electron chi connectivity index (χ4n) is 8.06. The number of allylic oxidation sites excluding steroid dienone is 4. The highest BCUT2D eigenvalue weighted by Gasteiger charge is 2.68. The third kappa shape index (κ3) is 5.52. The lowest BCUT2D eigenvalue weighted by Gasteiger charge is -2.59. The van der Waals surface area contributed by atoms with Gasteiger partial charge < -0.3 is 25.4 Å². The van der Waals surface area contributed by atoms with Gasteiger partial charge in [-0.3, -0.25) is 24.0 Å². The lowest BCUT2D eigenvalue weighted by Crippen LogP contribution is -2.61. The van der Waals surface area contributed by atoms with Gasteiger partial charge in [-0.25, -0.2) is 0 Å². The molecule has 3 saturated carbocycles. The summed E-state index contributed by atoms with van der Waals surface area (Å²) < 4.78 is 5.15. The van der Waals surface area contributed by atoms with E-state index in [2.05, 4.69) is 12.2 Å². The molecule has 0 aromatic carbocycles. The summed E-state index contributed by atoms with van der Waals surface area (Å²) in [7, 11) is 0. The van der Waals surface area contributed by atoms with Gasteiger partial charge >= 0.3 is 11.9 Å². The van der Waals surface area contributed by atoms with E-state index in [-0.39, 0.29) is 61.5 Å². The molecule has 4 rings (SSSR count). The second-order valence-electron chi connectivity index (χ2n) is 12.4. The summed E-state index contributed by atoms with van der Waals surface area (Å²) in [6.45, 7) is 3.63. The second kappa shape index (κ2) is 11.6. The summed E-state index contributed by atoms with van der Waals surface area (Å²) >= 11 is 0. The molecule has 4 N–H and O–H groups in total. The maximum atomic E-state index is 13.3. The van der Waals surface area contributed by atoms with Crippen molar-refractivity contribution in [2.45, 2.75) is 89.8 Å². The summed E-state index contributed by atoms with van der Waals surface area (Å²) in [5.74, 6) is -2.67. The van der Waals surface area contributed by atoms with E-state index in [1.807, 2.05) is 13.0 Å². The van der Waals surface area contributed by atoms with E-state index in [1.165, 1.54) is 0 Å². The van der Waals surface area contributed by atoms with Crippen LogP contribution in [0.15, 0.2) is 23.8 Å². The average molecular weight is 560 g/mol. The summed E-state index contributed by atoms with van der Waals surface area (Å²) in [5.41, 5.74) is -2.04. The van der Waals surface area contributed by atoms with Crippen molar-refractivity contribution in [3.63, 3.8) is 0 Å². The normalized spacial score (nSPS) is 36.1. The number of hydrogen-bond acceptors (Lipinski definition) is 8. The number of fused-ring (bicyclic) bond motifs is 5. The van der Waals surface area contributed by atoms with Crippen molar-refractivity contribution in [3.05, 3.63) is 23.8 Å². The zero-order chi connectivity index (χ0) is 29.3. The van der Waals surface area contributed by atoms with Crippen LogP contribution in [0.25, 0.3) is 0 Å². The van der Waals surface area contributed by atoms with E-state index < -0.39 is 46.9 Å². The molecule has 0 aliphatic heterocycles. The van der Waals surface area contributed by atoms with Gasteiger partial charge in [0.15, 0.2) is 12.4 Å². The van der Waals surface area contributed by atoms with Gasteiger partial charge in [-0.15, -0.1) is 0 Å². The number of nitrogens with one attached hydrogen (secondary N) is 1. The first-order valence-corrected chi connectivity index (χ1v) is 14.3. The Bertz CT molecular complexity index is 1130. The number of ketones is 2. The molecule has 3 fully saturated rings. The summed E-state index contributed by atoms with van der Waals surface area (Å²) in [5, 5.41) is 34.4. The van der Waals surface area contributed by atoms with Crippen LogP contribution in [0.2, 0.25) is 0 Å². The van der Waals surface area contributed by atoms with Gasteiger partial charge in [-0.2, -0.15) is 0 Å². The van der Waals surface area contributed by atoms with E-state index in [4.69, 9.17) is 9.84 Å². The molecular weight excluding hydrogens is 518 g/mol. The number of carbonyl (C=O) groups excluding carboxylic acids is 4. The van der Waals surface area contributed by atoms with Gasteiger partial charge in [-0.1, -0.05) is 25.5 Å². The van der Waals surface area contributed by atoms with E-state index in [0.29, 0.717) is 25.8 Å². The molecule has 4 aliphatic carbocycles. The molecule has 0 heterocycles. The fraction of sp³-hybridized carbons (Fsp3) is 0.700. The zero-order valence-electron chi connectivity index (χ0n) is 23.3. The van der Waals surface area contributed by atoms with Gasteiger partial charge in [0.1, 0.15) is 5.60 Å². The van der Waals surface area contributed by atoms with Crippen LogP contribution in [0.1, 0.15) is 78.1 Å². The van der Waals surface area contributed by atoms with E-state index in [9.17, 15) is 34.2 Å². The minimum absolute atomic E-state index is 0.00542. The molecule has 220 valence electrons. The molecule has 0 aromatic rings. The first-order valence-electron chi connectivity index (χ1n) is 14.3. The first kappa shape index (κ1) is 30.1. The Morgan fingerprint density at radius 3 is 2.58 bits per heavy atom. The highest BCUT2D eigenvalue weighted by atomic mass is 16.5. The summed E-state index contributed by atoms with van der Waals surface area (Å²) in [6, 6.07) is 0. The molecule has 10 nitrogen and oxygen atoms in total. The maximum absolute atomic E-state index is 13.3. The molecule has 40 heavy (non-hydrogen) atoms. The smallest absolute Gasteiger partial charge is 0.306 e. The minimum Gasteiger partial charge on any atom is -0.481 e. The minimum atomic E-state index is -1.74. The van der Waals surface area contributed by atoms with Crippen molar-refractivity contribution in [1.29, 1.82) is 0 Å². The van der Waals surface area contributed by atoms with Crippen LogP contribution in [-0.2, 0) is 28.7 Å². The van der Waals surface area contributed by atoms with Crippen LogP contribution in [0.4, 0.5) is 0 Å². The van der Waals surface area contributed by atoms with Crippen LogP contribution in [0, 0.1) is 28.6 Å². The number of carbonyl (C=O) groups is 5. The van der Waals surface area contributed by atoms with Crippen LogP contribution >= 0.6 is 0 Å². The van der Waals surface area contributed by atoms with Gasteiger partial charge in [0.05, 0.1) is 12.5 Å². The van der Waals surface area contributed by atoms with Gasteiger partial charge in [0, 0.05) is 36.1 Å². The Labute approximate surface area is 234 Å². The largest absolute Gasteiger partial charge is 0.481 e. The fourth-order valence-corrected chi connectivity index (χ4v) is 8.06. The number of ether oxygens (including phenoxy) is 1. The Balaban J connectivity index is 1.32. The number of Topliss-reactive ketones (excluding diaryl/α,β-unsaturated/α-hetero) is 1. The molecular formula is C30H41NO9. The summed E-state index contributed by atoms with van der Waals surface area (Å²) in [6.07, 6.45) is 7.59. The highest BCUT2D eigenvalue weighted by Crippen LogP contribution is 2.67. The SMILES string of the molecule is C[C@]12C=CC(=O)C=C1CC[C@@H]1[C@@H]2[C@@H](O)C[C@@]2(C)[C@H]1CC[C@]2(O)C(=O)COC(=O)CCC(=O)NCCCCC(=O)O. The standard InChI is InChI=1S/C30H41NO9/c1-28-12-10-19(32)15-18(28)6-7-20-21-11-13-30(39,29(21,2)16-22(33)27(20)28)23(34)17-40-26(38)9-8-24(35)31-14-4-3-5-25(36)37/h10,12,15,20-22,27,33,39H,3-9,11,13-14,16-17H2,1-2H3,(H,31,35)(H,36,37)/t20-,21-,22-,27+,28-,29-,30-/m0/s1. The number of carboxylic acids is 1. The van der Waals surface area contributed by atoms with E-state index in [0.717, 1.165) is 18.4 Å². The number of aliphatic carboxylic acids is 1. The maximum Gasteiger partial charge on any atom is 0.306 e. The van der Waals surface area contributed by atoms with E-state index in [1.54, 1.807) is 12.2 Å². The third-order valence-electron chi connectivity index (χ3n) is 10.2. The Kier molecular flexibility index (Phi) is 8.71. The molecule has 0 saturated heterocycles. The number of unbranched alkanes of at least 4 members (excludes halogenated alkanes) is 1. The molecule has 1 amide bonds. The number of amides is 1. The molecule has 0 aromatic heterocycles. The molecule has 0 bridgehead atoms. The van der Waals surface area contributed by atoms with Crippen molar-refractivity contribution >= 4 is 29.4 Å². The van der Waals surface area contributed by atoms with Crippen molar-refractivity contribution in [3.8, 4) is 0 Å². The van der Waals surface area contributed by atoms with Crippen LogP contribution in [0.5, 0.6) is 0 Å². The Morgan fingerprint density at radius 2 is 1.85 bits per heavy atom. The second-order valence-corrected chi connectivity index (χ2v) is 12.4. The molecule has 7 atom stereocenters. The van der Waals surface area contributed by atoms with Crippen molar-refractivity contribution in [1.82, 2.24) is 5.32 Å². The van der Waals surface area contributed by atoms with E-state index >= 15 is 0 Å². The quantitative estimate of drug-likeness (QED) is 0.219. The number of aliphatic hydroxyl groups is 2. The number of rotatable bonds is 11. The predicted octanol–water partition coefficient (Wildman–Crippen LogP) is 2.26.